The van der Waals surface area contributed by atoms with Crippen molar-refractivity contribution >= 4 is 5.95 Å². The van der Waals surface area contributed by atoms with E-state index in [-0.39, 0.29) is 19.8 Å². The van der Waals surface area contributed by atoms with E-state index in [1.807, 2.05) is 122 Å². The second-order valence-electron chi connectivity index (χ2n) is 13.3. The van der Waals surface area contributed by atoms with Crippen LogP contribution in [0.15, 0.2) is 157 Å². The number of anilines is 1. The van der Waals surface area contributed by atoms with E-state index in [1.165, 1.54) is 0 Å². The van der Waals surface area contributed by atoms with Gasteiger partial charge in [0.1, 0.15) is 40.0 Å². The van der Waals surface area contributed by atoms with E-state index in [4.69, 9.17) is 29.2 Å². The van der Waals surface area contributed by atoms with Gasteiger partial charge < -0.3 is 28.6 Å². The standard InChI is InChI=1S/C45H47N6O5/c1-51(2)44-47-28-35(29-48-44)42(54-30-33-20-24-39(52-3)25-21-33)43(55-31-34-22-26-40(53-4)27-23-34)41(49-50-46)32-56-45(36-14-8-5-9-15-36,37-16-10-6-11-17-37)38-18-12-7-13-19-38/h5-29,41-43,46H,30-32H2,1-4H3/q+1/t41-,42+,43-/m0/s1. The minimum Gasteiger partial charge on any atom is -0.497 e. The second-order valence-corrected chi connectivity index (χ2v) is 13.3. The molecule has 6 aromatic rings. The van der Waals surface area contributed by atoms with Crippen LogP contribution in [0.2, 0.25) is 0 Å². The summed E-state index contributed by atoms with van der Waals surface area (Å²) in [5.41, 5.74) is 12.2. The number of nitrogens with one attached hydrogen (secondary N) is 1. The first-order chi connectivity index (χ1) is 27.4. The highest BCUT2D eigenvalue weighted by molar-refractivity contribution is 5.47. The minimum atomic E-state index is -1.06. The molecular weight excluding hydrogens is 705 g/mol. The molecule has 6 rings (SSSR count). The van der Waals surface area contributed by atoms with Gasteiger partial charge in [0.15, 0.2) is 6.04 Å². The lowest BCUT2D eigenvalue weighted by Crippen LogP contribution is -2.42. The van der Waals surface area contributed by atoms with Crippen LogP contribution in [0, 0.1) is 5.53 Å². The number of hydrogen-bond acceptors (Lipinski definition) is 10. The smallest absolute Gasteiger partial charge is 0.224 e. The number of nitrogens with zero attached hydrogens (tertiary/aromatic N) is 5. The van der Waals surface area contributed by atoms with Crippen molar-refractivity contribution in [2.24, 2.45) is 5.11 Å². The molecule has 0 fully saturated rings. The first-order valence-corrected chi connectivity index (χ1v) is 18.3. The van der Waals surface area contributed by atoms with Crippen LogP contribution in [-0.4, -0.2) is 57.0 Å². The summed E-state index contributed by atoms with van der Waals surface area (Å²) in [5, 5.41) is 4.49. The SMILES string of the molecule is COc1ccc(CO[C@@H]([C@H](COC(c2ccccc2)(c2ccccc2)c2ccccc2)N=[N+]=N)[C@H](OCc2ccc(OC)cc2)c2cnc(N(C)C)nc2)cc1. The van der Waals surface area contributed by atoms with Crippen molar-refractivity contribution in [3.05, 3.63) is 185 Å². The largest absolute Gasteiger partial charge is 0.497 e. The molecular formula is C45H47N6O5+. The van der Waals surface area contributed by atoms with Crippen LogP contribution < -0.4 is 19.3 Å². The summed E-state index contributed by atoms with van der Waals surface area (Å²) in [5.74, 6) is 2.02. The van der Waals surface area contributed by atoms with Gasteiger partial charge in [0, 0.05) is 32.1 Å². The van der Waals surface area contributed by atoms with Crippen LogP contribution in [0.25, 0.3) is 0 Å². The average molecular weight is 752 g/mol. The maximum absolute atomic E-state index is 8.04. The highest BCUT2D eigenvalue weighted by atomic mass is 16.5. The van der Waals surface area contributed by atoms with E-state index in [0.29, 0.717) is 11.5 Å². The fourth-order valence-corrected chi connectivity index (χ4v) is 6.56. The van der Waals surface area contributed by atoms with Gasteiger partial charge in [-0.15, -0.1) is 0 Å². The summed E-state index contributed by atoms with van der Waals surface area (Å²) in [4.78, 5) is 14.7. The first-order valence-electron chi connectivity index (χ1n) is 18.3. The summed E-state index contributed by atoms with van der Waals surface area (Å²) in [7, 11) is 7.03. The molecule has 11 heteroatoms. The normalized spacial score (nSPS) is 12.9. The van der Waals surface area contributed by atoms with Gasteiger partial charge in [-0.2, -0.15) is 0 Å². The Hall–Kier alpha value is -6.23. The third kappa shape index (κ3) is 9.52. The molecule has 0 unspecified atom stereocenters. The number of rotatable bonds is 19. The van der Waals surface area contributed by atoms with Crippen LogP contribution in [0.3, 0.4) is 0 Å². The second kappa shape index (κ2) is 19.4. The molecule has 3 atom stereocenters. The summed E-state index contributed by atoms with van der Waals surface area (Å²) >= 11 is 0. The molecule has 1 heterocycles. The van der Waals surface area contributed by atoms with Gasteiger partial charge in [0.2, 0.25) is 10.9 Å². The molecule has 11 nitrogen and oxygen atoms in total. The Balaban J connectivity index is 1.44. The van der Waals surface area contributed by atoms with Crippen molar-refractivity contribution in [2.75, 3.05) is 39.8 Å². The number of hydrogen-bond donors (Lipinski definition) is 1. The predicted octanol–water partition coefficient (Wildman–Crippen LogP) is 8.33. The number of benzene rings is 5. The van der Waals surface area contributed by atoms with E-state index in [0.717, 1.165) is 39.3 Å². The maximum Gasteiger partial charge on any atom is 0.224 e. The molecule has 286 valence electrons. The summed E-state index contributed by atoms with van der Waals surface area (Å²) in [6, 6.07) is 44.8. The fraction of sp³-hybridized carbons (Fsp3) is 0.244. The quantitative estimate of drug-likeness (QED) is 0.0498. The Bertz CT molecular complexity index is 2020. The highest BCUT2D eigenvalue weighted by Crippen LogP contribution is 2.41. The minimum absolute atomic E-state index is 0.00657. The van der Waals surface area contributed by atoms with Crippen LogP contribution in [0.5, 0.6) is 11.5 Å². The lowest BCUT2D eigenvalue weighted by Gasteiger charge is -2.37. The number of methoxy groups -OCH3 is 2. The molecule has 0 bridgehead atoms. The Morgan fingerprint density at radius 1 is 0.643 bits per heavy atom. The Kier molecular flexibility index (Phi) is 13.7. The molecule has 0 amide bonds. The maximum atomic E-state index is 8.04. The molecule has 0 saturated carbocycles. The molecule has 1 aromatic heterocycles. The lowest BCUT2D eigenvalue weighted by atomic mass is 9.80. The molecule has 0 radical (unpaired) electrons. The van der Waals surface area contributed by atoms with Crippen molar-refractivity contribution in [2.45, 2.75) is 37.1 Å². The Labute approximate surface area is 328 Å². The average Bonchev–Trinajstić information content (AvgIpc) is 3.26. The van der Waals surface area contributed by atoms with Crippen molar-refractivity contribution in [1.82, 2.24) is 14.9 Å². The molecule has 0 aliphatic rings. The topological polar surface area (TPSA) is 125 Å². The Morgan fingerprint density at radius 2 is 1.09 bits per heavy atom. The number of ether oxygens (including phenoxy) is 5. The molecule has 1 N–H and O–H groups in total. The Morgan fingerprint density at radius 3 is 1.50 bits per heavy atom. The van der Waals surface area contributed by atoms with Crippen molar-refractivity contribution in [3.63, 3.8) is 0 Å². The summed E-state index contributed by atoms with van der Waals surface area (Å²) in [6.07, 6.45) is 1.87. The summed E-state index contributed by atoms with van der Waals surface area (Å²) in [6.45, 7) is 0.409. The monoisotopic (exact) mass is 751 g/mol. The molecule has 0 aliphatic heterocycles. The molecule has 5 aromatic carbocycles. The van der Waals surface area contributed by atoms with Gasteiger partial charge in [-0.05, 0) is 52.1 Å². The lowest BCUT2D eigenvalue weighted by molar-refractivity contribution is -0.115. The molecule has 0 saturated heterocycles. The van der Waals surface area contributed by atoms with Crippen molar-refractivity contribution < 1.29 is 23.7 Å². The molecule has 0 spiro atoms. The van der Waals surface area contributed by atoms with E-state index in [1.54, 1.807) is 26.6 Å². The van der Waals surface area contributed by atoms with Gasteiger partial charge in [0.25, 0.3) is 0 Å². The zero-order chi connectivity index (χ0) is 39.2. The van der Waals surface area contributed by atoms with E-state index in [9.17, 15) is 0 Å². The van der Waals surface area contributed by atoms with Crippen LogP contribution >= 0.6 is 0 Å². The van der Waals surface area contributed by atoms with Crippen LogP contribution in [0.1, 0.15) is 39.5 Å². The zero-order valence-electron chi connectivity index (χ0n) is 32.1. The van der Waals surface area contributed by atoms with Gasteiger partial charge in [-0.25, -0.2) is 9.97 Å². The third-order valence-corrected chi connectivity index (χ3v) is 9.47. The highest BCUT2D eigenvalue weighted by Gasteiger charge is 2.42. The zero-order valence-corrected chi connectivity index (χ0v) is 32.1. The van der Waals surface area contributed by atoms with Crippen molar-refractivity contribution in [1.29, 1.82) is 5.53 Å². The predicted molar refractivity (Wildman–Crippen MR) is 215 cm³/mol. The summed E-state index contributed by atoms with van der Waals surface area (Å²) < 4.78 is 31.7. The van der Waals surface area contributed by atoms with Crippen molar-refractivity contribution in [3.8, 4) is 11.5 Å². The molecule has 56 heavy (non-hydrogen) atoms. The fourth-order valence-electron chi connectivity index (χ4n) is 6.56. The first kappa shape index (κ1) is 39.5. The van der Waals surface area contributed by atoms with E-state index in [2.05, 4.69) is 56.4 Å². The van der Waals surface area contributed by atoms with E-state index >= 15 is 0 Å². The van der Waals surface area contributed by atoms with Gasteiger partial charge in [-0.1, -0.05) is 115 Å². The van der Waals surface area contributed by atoms with Crippen LogP contribution in [-0.2, 0) is 33.0 Å². The van der Waals surface area contributed by atoms with Gasteiger partial charge >= 0.3 is 0 Å². The van der Waals surface area contributed by atoms with Gasteiger partial charge in [0.05, 0.1) is 34.0 Å². The molecule has 0 aliphatic carbocycles. The third-order valence-electron chi connectivity index (χ3n) is 9.47. The number of aromatic nitrogens is 2. The van der Waals surface area contributed by atoms with E-state index < -0.39 is 23.9 Å². The van der Waals surface area contributed by atoms with Crippen LogP contribution in [0.4, 0.5) is 5.95 Å². The van der Waals surface area contributed by atoms with Gasteiger partial charge in [-0.3, -0.25) is 0 Å².